The lowest BCUT2D eigenvalue weighted by Gasteiger charge is -2.19. The first kappa shape index (κ1) is 14.7. The van der Waals surface area contributed by atoms with Gasteiger partial charge in [-0.15, -0.1) is 0 Å². The van der Waals surface area contributed by atoms with E-state index in [0.717, 1.165) is 17.7 Å². The monoisotopic (exact) mass is 262 g/mol. The van der Waals surface area contributed by atoms with Crippen LogP contribution in [0.1, 0.15) is 31.0 Å². The van der Waals surface area contributed by atoms with Crippen molar-refractivity contribution in [1.29, 1.82) is 0 Å². The molecule has 0 amide bonds. The van der Waals surface area contributed by atoms with E-state index in [9.17, 15) is 17.6 Å². The Bertz CT molecular complexity index is 448. The number of nitrogens with two attached hydrogens (primary N) is 1. The molecule has 0 radical (unpaired) electrons. The Morgan fingerprint density at radius 1 is 1.33 bits per heavy atom. The van der Waals surface area contributed by atoms with Gasteiger partial charge in [0.1, 0.15) is 5.82 Å². The highest BCUT2D eigenvalue weighted by Gasteiger charge is 2.34. The summed E-state index contributed by atoms with van der Waals surface area (Å²) in [7, 11) is 0. The third kappa shape index (κ3) is 3.54. The maximum atomic E-state index is 13.1. The first-order valence-corrected chi connectivity index (χ1v) is 5.23. The Hall–Kier alpha value is -1.40. The molecule has 18 heavy (non-hydrogen) atoms. The summed E-state index contributed by atoms with van der Waals surface area (Å²) in [6, 6.07) is 1.45. The van der Waals surface area contributed by atoms with Gasteiger partial charge in [0.05, 0.1) is 11.6 Å². The molecule has 1 aromatic carbocycles. The van der Waals surface area contributed by atoms with Crippen molar-refractivity contribution in [3.63, 3.8) is 0 Å². The Balaban J connectivity index is 3.36. The topological polar surface area (TPSA) is 38.0 Å². The number of hydrogen-bond donors (Lipinski definition) is 2. The highest BCUT2D eigenvalue weighted by atomic mass is 19.4. The minimum Gasteiger partial charge on any atom is -0.271 e. The van der Waals surface area contributed by atoms with Gasteiger partial charge < -0.3 is 0 Å². The standard InChI is InChI=1S/C12H14F4N2/c1-7(2)5-11(18-17)9-6-8(13)3-4-10(9)12(14,15)16/h3-6,11,18H,17H2,1-2H3. The van der Waals surface area contributed by atoms with E-state index in [1.165, 1.54) is 6.08 Å². The van der Waals surface area contributed by atoms with E-state index in [0.29, 0.717) is 6.07 Å². The fourth-order valence-electron chi connectivity index (χ4n) is 1.61. The zero-order chi connectivity index (χ0) is 13.9. The van der Waals surface area contributed by atoms with Gasteiger partial charge in [0.25, 0.3) is 0 Å². The second-order valence-electron chi connectivity index (χ2n) is 4.12. The number of rotatable bonds is 3. The number of hydrazine groups is 1. The number of alkyl halides is 3. The van der Waals surface area contributed by atoms with Crippen LogP contribution in [0.4, 0.5) is 17.6 Å². The van der Waals surface area contributed by atoms with E-state index in [1.54, 1.807) is 13.8 Å². The molecule has 0 heterocycles. The quantitative estimate of drug-likeness (QED) is 0.379. The van der Waals surface area contributed by atoms with Crippen molar-refractivity contribution in [3.8, 4) is 0 Å². The number of nitrogens with one attached hydrogen (secondary N) is 1. The van der Waals surface area contributed by atoms with E-state index in [4.69, 9.17) is 5.84 Å². The van der Waals surface area contributed by atoms with Gasteiger partial charge in [0.15, 0.2) is 0 Å². The molecule has 100 valence electrons. The molecule has 1 aromatic rings. The van der Waals surface area contributed by atoms with Crippen LogP contribution in [0.2, 0.25) is 0 Å². The number of allylic oxidation sites excluding steroid dienone is 1. The smallest absolute Gasteiger partial charge is 0.271 e. The maximum Gasteiger partial charge on any atom is 0.416 e. The average Bonchev–Trinajstić information content (AvgIpc) is 2.23. The van der Waals surface area contributed by atoms with Crippen molar-refractivity contribution in [3.05, 3.63) is 46.8 Å². The van der Waals surface area contributed by atoms with Gasteiger partial charge in [-0.1, -0.05) is 11.6 Å². The molecule has 0 aromatic heterocycles. The van der Waals surface area contributed by atoms with Gasteiger partial charge in [-0.05, 0) is 37.6 Å². The summed E-state index contributed by atoms with van der Waals surface area (Å²) in [5.41, 5.74) is 1.89. The normalized spacial score (nSPS) is 13.3. The highest BCUT2D eigenvalue weighted by Crippen LogP contribution is 2.35. The van der Waals surface area contributed by atoms with Crippen molar-refractivity contribution >= 4 is 0 Å². The second-order valence-corrected chi connectivity index (χ2v) is 4.12. The summed E-state index contributed by atoms with van der Waals surface area (Å²) in [5, 5.41) is 0. The van der Waals surface area contributed by atoms with E-state index in [1.807, 2.05) is 0 Å². The molecule has 1 atom stereocenters. The van der Waals surface area contributed by atoms with E-state index < -0.39 is 23.6 Å². The van der Waals surface area contributed by atoms with Gasteiger partial charge >= 0.3 is 6.18 Å². The summed E-state index contributed by atoms with van der Waals surface area (Å²) in [6.45, 7) is 3.44. The molecule has 0 spiro atoms. The Morgan fingerprint density at radius 2 is 1.94 bits per heavy atom. The highest BCUT2D eigenvalue weighted by molar-refractivity contribution is 5.35. The number of hydrogen-bond acceptors (Lipinski definition) is 2. The van der Waals surface area contributed by atoms with Crippen molar-refractivity contribution in [2.45, 2.75) is 26.1 Å². The molecule has 1 rings (SSSR count). The minimum atomic E-state index is -4.55. The Labute approximate surface area is 102 Å². The minimum absolute atomic E-state index is 0.230. The average molecular weight is 262 g/mol. The summed E-state index contributed by atoms with van der Waals surface area (Å²) in [4.78, 5) is 0. The molecule has 0 bridgehead atoms. The van der Waals surface area contributed by atoms with E-state index >= 15 is 0 Å². The van der Waals surface area contributed by atoms with Gasteiger partial charge in [-0.3, -0.25) is 5.84 Å². The molecule has 1 unspecified atom stereocenters. The van der Waals surface area contributed by atoms with Gasteiger partial charge in [-0.25, -0.2) is 9.82 Å². The van der Waals surface area contributed by atoms with Gasteiger partial charge in [0, 0.05) is 0 Å². The van der Waals surface area contributed by atoms with Crippen LogP contribution in [0.5, 0.6) is 0 Å². The molecule has 0 saturated carbocycles. The molecule has 0 aliphatic heterocycles. The lowest BCUT2D eigenvalue weighted by molar-refractivity contribution is -0.138. The zero-order valence-electron chi connectivity index (χ0n) is 9.98. The second kappa shape index (κ2) is 5.49. The molecule has 0 saturated heterocycles. The third-order valence-corrected chi connectivity index (χ3v) is 2.33. The van der Waals surface area contributed by atoms with Crippen LogP contribution in [0.3, 0.4) is 0 Å². The SMILES string of the molecule is CC(C)=CC(NN)c1cc(F)ccc1C(F)(F)F. The van der Waals surface area contributed by atoms with Crippen LogP contribution in [0.15, 0.2) is 29.8 Å². The summed E-state index contributed by atoms with van der Waals surface area (Å²) < 4.78 is 51.5. The fraction of sp³-hybridized carbons (Fsp3) is 0.333. The summed E-state index contributed by atoms with van der Waals surface area (Å²) in [6.07, 6.45) is -3.04. The Kier molecular flexibility index (Phi) is 4.48. The van der Waals surface area contributed by atoms with E-state index in [-0.39, 0.29) is 5.56 Å². The molecule has 0 aliphatic rings. The number of benzene rings is 1. The molecule has 3 N–H and O–H groups in total. The van der Waals surface area contributed by atoms with E-state index in [2.05, 4.69) is 5.43 Å². The van der Waals surface area contributed by atoms with Crippen molar-refractivity contribution in [1.82, 2.24) is 5.43 Å². The third-order valence-electron chi connectivity index (χ3n) is 2.33. The molecule has 0 aliphatic carbocycles. The molecular weight excluding hydrogens is 248 g/mol. The fourth-order valence-corrected chi connectivity index (χ4v) is 1.61. The van der Waals surface area contributed by atoms with Crippen LogP contribution in [0, 0.1) is 5.82 Å². The first-order chi connectivity index (χ1) is 8.25. The molecular formula is C12H14F4N2. The van der Waals surface area contributed by atoms with Crippen molar-refractivity contribution in [2.24, 2.45) is 5.84 Å². The largest absolute Gasteiger partial charge is 0.416 e. The molecule has 0 fully saturated rings. The lowest BCUT2D eigenvalue weighted by atomic mass is 9.98. The van der Waals surface area contributed by atoms with Crippen LogP contribution in [0.25, 0.3) is 0 Å². The predicted molar refractivity (Wildman–Crippen MR) is 60.9 cm³/mol. The Morgan fingerprint density at radius 3 is 2.39 bits per heavy atom. The van der Waals surface area contributed by atoms with Crippen LogP contribution in [-0.4, -0.2) is 0 Å². The first-order valence-electron chi connectivity index (χ1n) is 5.23. The van der Waals surface area contributed by atoms with Crippen molar-refractivity contribution in [2.75, 3.05) is 0 Å². The van der Waals surface area contributed by atoms with Crippen LogP contribution < -0.4 is 11.3 Å². The van der Waals surface area contributed by atoms with Crippen LogP contribution in [-0.2, 0) is 6.18 Å². The van der Waals surface area contributed by atoms with Crippen LogP contribution >= 0.6 is 0 Å². The summed E-state index contributed by atoms with van der Waals surface area (Å²) >= 11 is 0. The zero-order valence-corrected chi connectivity index (χ0v) is 9.98. The molecule has 6 heteroatoms. The number of halogens is 4. The van der Waals surface area contributed by atoms with Gasteiger partial charge in [0.2, 0.25) is 0 Å². The lowest BCUT2D eigenvalue weighted by Crippen LogP contribution is -2.29. The van der Waals surface area contributed by atoms with Gasteiger partial charge in [-0.2, -0.15) is 13.2 Å². The predicted octanol–water partition coefficient (Wildman–Crippen LogP) is 3.32. The molecule has 2 nitrogen and oxygen atoms in total. The maximum absolute atomic E-state index is 13.1. The summed E-state index contributed by atoms with van der Waals surface area (Å²) in [5.74, 6) is 4.50. The van der Waals surface area contributed by atoms with Crippen molar-refractivity contribution < 1.29 is 17.6 Å².